The van der Waals surface area contributed by atoms with Gasteiger partial charge in [0, 0.05) is 72.3 Å². The molecule has 4 N–H and O–H groups in total. The standard InChI is InChI=1S/C36H33Cl2N7O4/c1-49-35-21(15-39-16-22-9-11-31(47)43-22)8-10-29(44-35)27-7-3-6-26(33(27)38)25-5-2-4-24(32(25)37)20-12-13-45-30(14-20)40-19-28(36(45)48)34-41-17-23(46)18-42-34/h2-8,10,12-14,19,22-23,39,46H,9,11,15-18H2,1H3,(H,41,42)(H,43,47)/t22-/m1/s1. The van der Waals surface area contributed by atoms with Crippen LogP contribution in [0.1, 0.15) is 24.0 Å². The summed E-state index contributed by atoms with van der Waals surface area (Å²) in [7, 11) is 1.59. The molecule has 1 amide bonds. The summed E-state index contributed by atoms with van der Waals surface area (Å²) in [5.74, 6) is 0.998. The molecule has 0 saturated carbocycles. The molecule has 250 valence electrons. The van der Waals surface area contributed by atoms with Gasteiger partial charge in [-0.25, -0.2) is 9.97 Å². The first-order valence-corrected chi connectivity index (χ1v) is 16.7. The molecule has 0 radical (unpaired) electrons. The molecule has 2 atom stereocenters. The SMILES string of the molecule is COc1nc(-c2cccc(-c3cccc(-c4ccn5c(=O)c(C6=NCC(O)CN6)cnc5c4)c3Cl)c2Cl)ccc1CNC[C@H]1CCC(=O)N1. The van der Waals surface area contributed by atoms with E-state index < -0.39 is 6.10 Å². The number of hydrogen-bond donors (Lipinski definition) is 4. The lowest BCUT2D eigenvalue weighted by Crippen LogP contribution is -2.42. The van der Waals surface area contributed by atoms with Crippen LogP contribution in [0.4, 0.5) is 0 Å². The Labute approximate surface area is 292 Å². The Morgan fingerprint density at radius 3 is 2.47 bits per heavy atom. The first-order valence-electron chi connectivity index (χ1n) is 15.9. The van der Waals surface area contributed by atoms with Gasteiger partial charge in [-0.3, -0.25) is 19.0 Å². The number of amidine groups is 1. The number of methoxy groups -OCH3 is 1. The Morgan fingerprint density at radius 2 is 1.76 bits per heavy atom. The molecule has 2 aliphatic heterocycles. The van der Waals surface area contributed by atoms with Crippen molar-refractivity contribution in [3.8, 4) is 39.4 Å². The van der Waals surface area contributed by atoms with Gasteiger partial charge in [-0.05, 0) is 30.2 Å². The van der Waals surface area contributed by atoms with Crippen molar-refractivity contribution >= 4 is 40.6 Å². The number of carbonyl (C=O) groups is 1. The molecule has 0 aliphatic carbocycles. The number of ether oxygens (including phenoxy) is 1. The molecule has 13 heteroatoms. The maximum Gasteiger partial charge on any atom is 0.268 e. The van der Waals surface area contributed by atoms with Crippen LogP contribution < -0.4 is 26.2 Å². The van der Waals surface area contributed by atoms with Crippen LogP contribution in [-0.2, 0) is 11.3 Å². The number of halogens is 2. The van der Waals surface area contributed by atoms with Gasteiger partial charge in [0.25, 0.3) is 5.56 Å². The van der Waals surface area contributed by atoms with Gasteiger partial charge in [0.1, 0.15) is 17.0 Å². The molecule has 5 heterocycles. The highest BCUT2D eigenvalue weighted by atomic mass is 35.5. The van der Waals surface area contributed by atoms with Crippen LogP contribution in [0.2, 0.25) is 10.0 Å². The van der Waals surface area contributed by atoms with Gasteiger partial charge in [-0.1, -0.05) is 65.7 Å². The minimum atomic E-state index is -0.583. The minimum Gasteiger partial charge on any atom is -0.481 e. The Balaban J connectivity index is 1.16. The zero-order valence-corrected chi connectivity index (χ0v) is 28.1. The van der Waals surface area contributed by atoms with Crippen molar-refractivity contribution in [1.29, 1.82) is 0 Å². The second-order valence-electron chi connectivity index (χ2n) is 12.0. The van der Waals surface area contributed by atoms with E-state index in [0.29, 0.717) is 64.7 Å². The number of benzene rings is 2. The van der Waals surface area contributed by atoms with E-state index in [-0.39, 0.29) is 24.1 Å². The molecule has 2 aliphatic rings. The highest BCUT2D eigenvalue weighted by Crippen LogP contribution is 2.42. The smallest absolute Gasteiger partial charge is 0.268 e. The van der Waals surface area contributed by atoms with E-state index in [0.717, 1.165) is 39.8 Å². The van der Waals surface area contributed by atoms with Crippen LogP contribution >= 0.6 is 23.2 Å². The fourth-order valence-corrected chi connectivity index (χ4v) is 6.82. The number of β-amino-alcohol motifs (C(OH)–C–C–N with tert-alkyl or cyclic N) is 1. The predicted molar refractivity (Wildman–Crippen MR) is 190 cm³/mol. The molecule has 2 aromatic carbocycles. The van der Waals surface area contributed by atoms with Crippen molar-refractivity contribution < 1.29 is 14.6 Å². The number of amides is 1. The van der Waals surface area contributed by atoms with E-state index in [1.165, 1.54) is 10.6 Å². The molecule has 0 bridgehead atoms. The van der Waals surface area contributed by atoms with Crippen LogP contribution in [0.5, 0.6) is 5.88 Å². The number of hydrogen-bond acceptors (Lipinski definition) is 9. The maximum absolute atomic E-state index is 13.3. The number of carbonyl (C=O) groups excluding carboxylic acids is 1. The number of rotatable bonds is 9. The highest BCUT2D eigenvalue weighted by molar-refractivity contribution is 6.39. The van der Waals surface area contributed by atoms with E-state index in [2.05, 4.69) is 25.9 Å². The van der Waals surface area contributed by atoms with Crippen LogP contribution in [0.3, 0.4) is 0 Å². The first kappa shape index (κ1) is 32.7. The summed E-state index contributed by atoms with van der Waals surface area (Å²) in [5.41, 5.74) is 5.79. The molecule has 1 saturated heterocycles. The normalized spacial score (nSPS) is 17.5. The number of nitrogens with zero attached hydrogens (tertiary/aromatic N) is 4. The number of aliphatic hydroxyl groups excluding tert-OH is 1. The number of aliphatic imine (C=N–C) groups is 1. The maximum atomic E-state index is 13.3. The zero-order valence-electron chi connectivity index (χ0n) is 26.5. The minimum absolute atomic E-state index is 0.0906. The molecular formula is C36H33Cl2N7O4. The average Bonchev–Trinajstić information content (AvgIpc) is 3.54. The summed E-state index contributed by atoms with van der Waals surface area (Å²) in [4.78, 5) is 38.4. The molecule has 1 fully saturated rings. The number of pyridine rings is 2. The monoisotopic (exact) mass is 697 g/mol. The van der Waals surface area contributed by atoms with Gasteiger partial charge in [0.2, 0.25) is 11.8 Å². The van der Waals surface area contributed by atoms with E-state index in [4.69, 9.17) is 32.9 Å². The Morgan fingerprint density at radius 1 is 1.00 bits per heavy atom. The number of aromatic nitrogens is 3. The predicted octanol–water partition coefficient (Wildman–Crippen LogP) is 4.48. The third-order valence-electron chi connectivity index (χ3n) is 8.73. The van der Waals surface area contributed by atoms with Crippen LogP contribution in [0.25, 0.3) is 39.2 Å². The molecule has 3 aromatic heterocycles. The summed E-state index contributed by atoms with van der Waals surface area (Å²) in [6.07, 6.45) is 3.97. The number of aliphatic hydroxyl groups is 1. The second-order valence-corrected chi connectivity index (χ2v) is 12.7. The summed E-state index contributed by atoms with van der Waals surface area (Å²) >= 11 is 14.2. The number of nitrogens with one attached hydrogen (secondary N) is 3. The highest BCUT2D eigenvalue weighted by Gasteiger charge is 2.22. The summed E-state index contributed by atoms with van der Waals surface area (Å²) in [6.45, 7) is 1.75. The van der Waals surface area contributed by atoms with Crippen molar-refractivity contribution in [1.82, 2.24) is 30.3 Å². The molecule has 1 unspecified atom stereocenters. The van der Waals surface area contributed by atoms with Gasteiger partial charge in [0.05, 0.1) is 35.5 Å². The number of fused-ring (bicyclic) bond motifs is 1. The summed E-state index contributed by atoms with van der Waals surface area (Å²) in [6, 6.07) is 19.1. The van der Waals surface area contributed by atoms with Crippen molar-refractivity contribution in [3.05, 3.63) is 105 Å². The van der Waals surface area contributed by atoms with Crippen LogP contribution in [0.15, 0.2) is 82.8 Å². The van der Waals surface area contributed by atoms with Crippen molar-refractivity contribution in [3.63, 3.8) is 0 Å². The lowest BCUT2D eigenvalue weighted by Gasteiger charge is -2.18. The Hall–Kier alpha value is -4.81. The average molecular weight is 699 g/mol. The van der Waals surface area contributed by atoms with Crippen molar-refractivity contribution in [2.24, 2.45) is 4.99 Å². The molecule has 0 spiro atoms. The Kier molecular flexibility index (Phi) is 9.33. The van der Waals surface area contributed by atoms with Gasteiger partial charge in [0.15, 0.2) is 0 Å². The van der Waals surface area contributed by atoms with Crippen LogP contribution in [0, 0.1) is 0 Å². The van der Waals surface area contributed by atoms with E-state index in [1.54, 1.807) is 13.3 Å². The van der Waals surface area contributed by atoms with Gasteiger partial charge in [-0.15, -0.1) is 0 Å². The van der Waals surface area contributed by atoms with Gasteiger partial charge < -0.3 is 25.8 Å². The Bertz CT molecular complexity index is 2170. The topological polar surface area (TPSA) is 142 Å². The van der Waals surface area contributed by atoms with Crippen molar-refractivity contribution in [2.45, 2.75) is 31.5 Å². The second kappa shape index (κ2) is 14.0. The molecule has 11 nitrogen and oxygen atoms in total. The molecule has 7 rings (SSSR count). The lowest BCUT2D eigenvalue weighted by molar-refractivity contribution is -0.119. The third kappa shape index (κ3) is 6.62. The van der Waals surface area contributed by atoms with E-state index in [1.807, 2.05) is 60.7 Å². The fourth-order valence-electron chi connectivity index (χ4n) is 6.16. The summed E-state index contributed by atoms with van der Waals surface area (Å²) in [5, 5.41) is 20.1. The third-order valence-corrected chi connectivity index (χ3v) is 9.54. The molecular weight excluding hydrogens is 665 g/mol. The first-order chi connectivity index (χ1) is 23.8. The fraction of sp³-hybridized carbons (Fsp3) is 0.250. The van der Waals surface area contributed by atoms with Crippen LogP contribution in [-0.4, -0.2) is 70.1 Å². The van der Waals surface area contributed by atoms with E-state index >= 15 is 0 Å². The summed E-state index contributed by atoms with van der Waals surface area (Å²) < 4.78 is 7.10. The van der Waals surface area contributed by atoms with Gasteiger partial charge >= 0.3 is 0 Å². The molecule has 5 aromatic rings. The lowest BCUT2D eigenvalue weighted by atomic mass is 9.97. The molecule has 49 heavy (non-hydrogen) atoms. The largest absolute Gasteiger partial charge is 0.481 e. The van der Waals surface area contributed by atoms with Crippen molar-refractivity contribution in [2.75, 3.05) is 26.7 Å². The zero-order chi connectivity index (χ0) is 34.1. The van der Waals surface area contributed by atoms with E-state index in [9.17, 15) is 14.7 Å². The quantitative estimate of drug-likeness (QED) is 0.177. The van der Waals surface area contributed by atoms with Gasteiger partial charge in [-0.2, -0.15) is 0 Å².